The number of nitrogens with one attached hydrogen (secondary N) is 1. The summed E-state index contributed by atoms with van der Waals surface area (Å²) in [7, 11) is 0. The zero-order valence-electron chi connectivity index (χ0n) is 13.9. The Morgan fingerprint density at radius 1 is 1.12 bits per heavy atom. The predicted octanol–water partition coefficient (Wildman–Crippen LogP) is 3.18. The topological polar surface area (TPSA) is 86.6 Å². The minimum Gasteiger partial charge on any atom is -0.508 e. The van der Waals surface area contributed by atoms with Crippen molar-refractivity contribution in [1.29, 1.82) is 0 Å². The maximum Gasteiger partial charge on any atom is 0.326 e. The summed E-state index contributed by atoms with van der Waals surface area (Å²) in [5.41, 5.74) is 0.670. The van der Waals surface area contributed by atoms with Crippen molar-refractivity contribution in [3.8, 4) is 5.75 Å². The number of phenolic OH excluding ortho intramolecular Hbond substituents is 1. The van der Waals surface area contributed by atoms with Gasteiger partial charge in [0.2, 0.25) is 0 Å². The van der Waals surface area contributed by atoms with Gasteiger partial charge in [-0.15, -0.1) is 11.3 Å². The summed E-state index contributed by atoms with van der Waals surface area (Å²) in [5.74, 6) is -1.37. The summed E-state index contributed by atoms with van der Waals surface area (Å²) in [6, 6.07) is 8.86. The zero-order valence-corrected chi connectivity index (χ0v) is 14.7. The highest BCUT2D eigenvalue weighted by Gasteiger charge is 2.23. The van der Waals surface area contributed by atoms with Crippen molar-refractivity contribution >= 4 is 23.2 Å². The molecule has 0 aliphatic carbocycles. The lowest BCUT2D eigenvalue weighted by Gasteiger charge is -2.16. The van der Waals surface area contributed by atoms with Crippen molar-refractivity contribution in [3.05, 3.63) is 51.7 Å². The molecule has 0 radical (unpaired) electrons. The predicted molar refractivity (Wildman–Crippen MR) is 93.7 cm³/mol. The molecule has 5 nitrogen and oxygen atoms in total. The molecule has 0 spiro atoms. The first-order valence-electron chi connectivity index (χ1n) is 7.58. The number of amides is 1. The number of carbonyl (C=O) groups excluding carboxylic acids is 1. The van der Waals surface area contributed by atoms with Crippen LogP contribution in [0.4, 0.5) is 0 Å². The van der Waals surface area contributed by atoms with Gasteiger partial charge >= 0.3 is 5.97 Å². The van der Waals surface area contributed by atoms with E-state index in [-0.39, 0.29) is 23.5 Å². The summed E-state index contributed by atoms with van der Waals surface area (Å²) in [5, 5.41) is 21.2. The van der Waals surface area contributed by atoms with Gasteiger partial charge in [-0.1, -0.05) is 32.9 Å². The lowest BCUT2D eigenvalue weighted by atomic mass is 9.95. The van der Waals surface area contributed by atoms with Gasteiger partial charge in [0.05, 0.1) is 4.88 Å². The van der Waals surface area contributed by atoms with Gasteiger partial charge in [-0.25, -0.2) is 4.79 Å². The Morgan fingerprint density at radius 2 is 1.75 bits per heavy atom. The summed E-state index contributed by atoms with van der Waals surface area (Å²) >= 11 is 1.37. The van der Waals surface area contributed by atoms with Crippen LogP contribution >= 0.6 is 11.3 Å². The number of aromatic hydroxyl groups is 1. The first kappa shape index (κ1) is 18.0. The summed E-state index contributed by atoms with van der Waals surface area (Å²) < 4.78 is 0. The molecule has 0 fully saturated rings. The van der Waals surface area contributed by atoms with E-state index in [1.165, 1.54) is 23.5 Å². The molecule has 1 aromatic carbocycles. The van der Waals surface area contributed by atoms with Crippen LogP contribution in [0.3, 0.4) is 0 Å². The molecule has 0 aliphatic heterocycles. The normalized spacial score (nSPS) is 12.6. The fourth-order valence-electron chi connectivity index (χ4n) is 2.16. The number of carbonyl (C=O) groups is 2. The summed E-state index contributed by atoms with van der Waals surface area (Å²) in [6.45, 7) is 6.18. The van der Waals surface area contributed by atoms with Crippen molar-refractivity contribution in [2.24, 2.45) is 0 Å². The largest absolute Gasteiger partial charge is 0.508 e. The molecule has 0 saturated carbocycles. The van der Waals surface area contributed by atoms with E-state index in [2.05, 4.69) is 26.1 Å². The molecule has 0 saturated heterocycles. The zero-order chi connectivity index (χ0) is 17.9. The van der Waals surface area contributed by atoms with Gasteiger partial charge < -0.3 is 15.5 Å². The molecule has 3 N–H and O–H groups in total. The molecule has 1 heterocycles. The molecular weight excluding hydrogens is 326 g/mol. The van der Waals surface area contributed by atoms with E-state index in [9.17, 15) is 19.8 Å². The van der Waals surface area contributed by atoms with Crippen LogP contribution in [-0.2, 0) is 16.6 Å². The molecule has 2 rings (SSSR count). The third kappa shape index (κ3) is 4.58. The smallest absolute Gasteiger partial charge is 0.326 e. The minimum atomic E-state index is -1.09. The molecule has 128 valence electrons. The molecule has 0 aliphatic rings. The van der Waals surface area contributed by atoms with Gasteiger partial charge in [0.1, 0.15) is 11.8 Å². The van der Waals surface area contributed by atoms with Crippen LogP contribution in [0.15, 0.2) is 36.4 Å². The number of hydrogen-bond donors (Lipinski definition) is 3. The van der Waals surface area contributed by atoms with Crippen molar-refractivity contribution in [1.82, 2.24) is 5.32 Å². The highest BCUT2D eigenvalue weighted by Crippen LogP contribution is 2.29. The standard InChI is InChI=1S/C18H21NO4S/c1-18(2,3)15-9-8-14(24-15)16(21)19-13(17(22)23)10-11-4-6-12(20)7-5-11/h4-9,13,20H,10H2,1-3H3,(H,19,21)(H,22,23)/t13-/m0/s1. The number of thiophene rings is 1. The number of carboxylic acid groups (broad SMARTS) is 1. The van der Waals surface area contributed by atoms with Crippen molar-refractivity contribution in [3.63, 3.8) is 0 Å². The van der Waals surface area contributed by atoms with E-state index in [1.54, 1.807) is 18.2 Å². The number of phenols is 1. The van der Waals surface area contributed by atoms with Gasteiger partial charge in [-0.3, -0.25) is 4.79 Å². The SMILES string of the molecule is CC(C)(C)c1ccc(C(=O)N[C@@H](Cc2ccc(O)cc2)C(=O)O)s1. The Balaban J connectivity index is 2.09. The van der Waals surface area contributed by atoms with Crippen LogP contribution in [0.25, 0.3) is 0 Å². The number of aliphatic carboxylic acids is 1. The Hall–Kier alpha value is -2.34. The van der Waals surface area contributed by atoms with E-state index >= 15 is 0 Å². The Morgan fingerprint density at radius 3 is 2.25 bits per heavy atom. The molecule has 1 amide bonds. The Kier molecular flexibility index (Phi) is 5.29. The van der Waals surface area contributed by atoms with E-state index in [0.717, 1.165) is 10.4 Å². The third-order valence-corrected chi connectivity index (χ3v) is 5.06. The number of carboxylic acids is 1. The average Bonchev–Trinajstić information content (AvgIpc) is 2.98. The molecule has 1 atom stereocenters. The molecule has 0 unspecified atom stereocenters. The first-order chi connectivity index (χ1) is 11.2. The van der Waals surface area contributed by atoms with Gasteiger partial charge in [-0.05, 0) is 35.2 Å². The number of rotatable bonds is 5. The average molecular weight is 347 g/mol. The minimum absolute atomic E-state index is 0.0541. The van der Waals surface area contributed by atoms with Gasteiger partial charge in [-0.2, -0.15) is 0 Å². The van der Waals surface area contributed by atoms with Gasteiger partial charge in [0.15, 0.2) is 0 Å². The van der Waals surface area contributed by atoms with Crippen LogP contribution < -0.4 is 5.32 Å². The van der Waals surface area contributed by atoms with Crippen molar-refractivity contribution in [2.75, 3.05) is 0 Å². The number of hydrogen-bond acceptors (Lipinski definition) is 4. The van der Waals surface area contributed by atoms with Crippen molar-refractivity contribution in [2.45, 2.75) is 38.6 Å². The highest BCUT2D eigenvalue weighted by molar-refractivity contribution is 7.14. The van der Waals surface area contributed by atoms with Crippen LogP contribution in [0, 0.1) is 0 Å². The molecule has 1 aromatic heterocycles. The lowest BCUT2D eigenvalue weighted by Crippen LogP contribution is -2.42. The van der Waals surface area contributed by atoms with Gasteiger partial charge in [0, 0.05) is 11.3 Å². The summed E-state index contributed by atoms with van der Waals surface area (Å²) in [6.07, 6.45) is 0.152. The molecule has 0 bridgehead atoms. The van der Waals surface area contributed by atoms with E-state index in [0.29, 0.717) is 4.88 Å². The second-order valence-corrected chi connectivity index (χ2v) is 7.73. The van der Waals surface area contributed by atoms with Crippen LogP contribution in [0.5, 0.6) is 5.75 Å². The second kappa shape index (κ2) is 7.05. The lowest BCUT2D eigenvalue weighted by molar-refractivity contribution is -0.139. The molecule has 2 aromatic rings. The molecular formula is C18H21NO4S. The first-order valence-corrected chi connectivity index (χ1v) is 8.40. The summed E-state index contributed by atoms with van der Waals surface area (Å²) in [4.78, 5) is 25.3. The van der Waals surface area contributed by atoms with Crippen LogP contribution in [-0.4, -0.2) is 28.1 Å². The van der Waals surface area contributed by atoms with E-state index in [4.69, 9.17) is 0 Å². The highest BCUT2D eigenvalue weighted by atomic mass is 32.1. The molecule has 24 heavy (non-hydrogen) atoms. The van der Waals surface area contributed by atoms with E-state index < -0.39 is 12.0 Å². The van der Waals surface area contributed by atoms with Crippen LogP contribution in [0.2, 0.25) is 0 Å². The maximum atomic E-state index is 12.3. The second-order valence-electron chi connectivity index (χ2n) is 6.65. The number of benzene rings is 1. The molecule has 6 heteroatoms. The van der Waals surface area contributed by atoms with Gasteiger partial charge in [0.25, 0.3) is 5.91 Å². The van der Waals surface area contributed by atoms with E-state index in [1.807, 2.05) is 6.07 Å². The van der Waals surface area contributed by atoms with Crippen LogP contribution in [0.1, 0.15) is 40.9 Å². The fourth-order valence-corrected chi connectivity index (χ4v) is 3.13. The fraction of sp³-hybridized carbons (Fsp3) is 0.333. The Labute approximate surface area is 145 Å². The maximum absolute atomic E-state index is 12.3. The Bertz CT molecular complexity index is 728. The monoisotopic (exact) mass is 347 g/mol. The van der Waals surface area contributed by atoms with Crippen molar-refractivity contribution < 1.29 is 19.8 Å². The third-order valence-electron chi connectivity index (χ3n) is 3.55. The quantitative estimate of drug-likeness (QED) is 0.775.